The minimum Gasteiger partial charge on any atom is -0.478 e. The number of sulfonamides is 1. The highest BCUT2D eigenvalue weighted by Crippen LogP contribution is 2.30. The first kappa shape index (κ1) is 38.2. The van der Waals surface area contributed by atoms with Crippen LogP contribution in [0, 0.1) is 0 Å². The Hall–Kier alpha value is -3.24. The zero-order valence-electron chi connectivity index (χ0n) is 28.7. The Morgan fingerprint density at radius 2 is 1.74 bits per heavy atom. The van der Waals surface area contributed by atoms with E-state index in [-0.39, 0.29) is 11.7 Å². The van der Waals surface area contributed by atoms with Gasteiger partial charge >= 0.3 is 5.97 Å². The molecule has 1 unspecified atom stereocenters. The number of nitrogens with one attached hydrogen (secondary N) is 1. The fourth-order valence-corrected chi connectivity index (χ4v) is 6.96. The molecule has 1 aliphatic heterocycles. The van der Waals surface area contributed by atoms with E-state index in [1.807, 2.05) is 43.3 Å². The summed E-state index contributed by atoms with van der Waals surface area (Å²) in [4.78, 5) is 13.4. The number of carboxylic acids is 1. The molecule has 1 heterocycles. The zero-order valence-corrected chi connectivity index (χ0v) is 29.5. The van der Waals surface area contributed by atoms with Gasteiger partial charge < -0.3 is 19.5 Å². The first-order valence-corrected chi connectivity index (χ1v) is 18.3. The zero-order chi connectivity index (χ0) is 34.2. The summed E-state index contributed by atoms with van der Waals surface area (Å²) in [7, 11) is 0.318. The summed E-state index contributed by atoms with van der Waals surface area (Å²) in [5, 5.41) is 10.7. The van der Waals surface area contributed by atoms with E-state index in [1.165, 1.54) is 16.7 Å². The molecule has 0 aromatic heterocycles. The van der Waals surface area contributed by atoms with Crippen molar-refractivity contribution < 1.29 is 27.8 Å². The Morgan fingerprint density at radius 1 is 1.02 bits per heavy atom. The molecule has 0 spiro atoms. The van der Waals surface area contributed by atoms with E-state index in [0.29, 0.717) is 37.7 Å². The third kappa shape index (κ3) is 12.7. The van der Waals surface area contributed by atoms with Gasteiger partial charge in [0.15, 0.2) is 0 Å². The maximum Gasteiger partial charge on any atom is 0.333 e. The predicted molar refractivity (Wildman–Crippen MR) is 193 cm³/mol. The number of rotatable bonds is 20. The lowest BCUT2D eigenvalue weighted by atomic mass is 9.98. The molecule has 2 aromatic carbocycles. The lowest BCUT2D eigenvalue weighted by Gasteiger charge is -2.24. The summed E-state index contributed by atoms with van der Waals surface area (Å²) in [6.07, 6.45) is 15.6. The average Bonchev–Trinajstić information content (AvgIpc) is 3.05. The van der Waals surface area contributed by atoms with Crippen molar-refractivity contribution in [1.82, 2.24) is 4.72 Å². The molecule has 0 bridgehead atoms. The van der Waals surface area contributed by atoms with Crippen LogP contribution < -0.4 is 9.62 Å². The molecule has 3 rings (SSSR count). The summed E-state index contributed by atoms with van der Waals surface area (Å²) < 4.78 is 40.4. The van der Waals surface area contributed by atoms with Gasteiger partial charge in [-0.05, 0) is 82.9 Å². The van der Waals surface area contributed by atoms with E-state index in [2.05, 4.69) is 43.4 Å². The highest BCUT2D eigenvalue weighted by Gasteiger charge is 2.23. The molecule has 1 atom stereocenters. The Morgan fingerprint density at radius 3 is 2.47 bits per heavy atom. The fourth-order valence-electron chi connectivity index (χ4n) is 5.67. The number of fused-ring (bicyclic) bond motifs is 1. The van der Waals surface area contributed by atoms with E-state index >= 15 is 0 Å². The molecular weight excluding hydrogens is 612 g/mol. The number of anilines is 1. The lowest BCUT2D eigenvalue weighted by molar-refractivity contribution is -0.134. The molecule has 2 aromatic rings. The van der Waals surface area contributed by atoms with Gasteiger partial charge in [0, 0.05) is 43.7 Å². The lowest BCUT2D eigenvalue weighted by Crippen LogP contribution is -2.26. The highest BCUT2D eigenvalue weighted by atomic mass is 32.2. The molecule has 9 heteroatoms. The van der Waals surface area contributed by atoms with E-state index in [4.69, 9.17) is 14.6 Å². The van der Waals surface area contributed by atoms with Crippen molar-refractivity contribution in [3.8, 4) is 0 Å². The van der Waals surface area contributed by atoms with E-state index in [1.54, 1.807) is 12.1 Å². The number of hydrogen-bond acceptors (Lipinski definition) is 6. The Bertz CT molecular complexity index is 1530. The Balaban J connectivity index is 1.23. The largest absolute Gasteiger partial charge is 0.478 e. The number of aliphatic carboxylic acids is 1. The van der Waals surface area contributed by atoms with Gasteiger partial charge in [-0.1, -0.05) is 73.1 Å². The third-order valence-electron chi connectivity index (χ3n) is 8.45. The van der Waals surface area contributed by atoms with Crippen molar-refractivity contribution in [3.63, 3.8) is 0 Å². The summed E-state index contributed by atoms with van der Waals surface area (Å²) in [6, 6.07) is 11.2. The topological polar surface area (TPSA) is 105 Å². The highest BCUT2D eigenvalue weighted by molar-refractivity contribution is 7.89. The molecule has 8 nitrogen and oxygen atoms in total. The number of carboxylic acid groups (broad SMARTS) is 1. The minimum atomic E-state index is -3.60. The Kier molecular flexibility index (Phi) is 15.9. The van der Waals surface area contributed by atoms with Gasteiger partial charge in [-0.15, -0.1) is 0 Å². The molecule has 0 aliphatic carbocycles. The van der Waals surface area contributed by atoms with Crippen LogP contribution in [0.2, 0.25) is 0 Å². The summed E-state index contributed by atoms with van der Waals surface area (Å²) in [5.74, 6) is -0.983. The molecule has 47 heavy (non-hydrogen) atoms. The monoisotopic (exact) mass is 666 g/mol. The summed E-state index contributed by atoms with van der Waals surface area (Å²) in [5.41, 5.74) is 4.99. The maximum atomic E-state index is 13.1. The molecule has 2 N–H and O–H groups in total. The number of nitrogens with zero attached hydrogens (tertiary/aromatic N) is 1. The van der Waals surface area contributed by atoms with E-state index in [9.17, 15) is 13.2 Å². The van der Waals surface area contributed by atoms with Crippen molar-refractivity contribution in [2.24, 2.45) is 0 Å². The first-order valence-electron chi connectivity index (χ1n) is 16.8. The van der Waals surface area contributed by atoms with Crippen molar-refractivity contribution in [3.05, 3.63) is 83.5 Å². The van der Waals surface area contributed by atoms with E-state index < -0.39 is 16.0 Å². The van der Waals surface area contributed by atoms with Crippen molar-refractivity contribution in [2.75, 3.05) is 45.4 Å². The number of hydrogen-bond donors (Lipinski definition) is 2. The molecule has 0 radical (unpaired) electrons. The molecule has 0 saturated carbocycles. The molecular formula is C38H54N2O6S. The van der Waals surface area contributed by atoms with Gasteiger partial charge in [-0.2, -0.15) is 0 Å². The van der Waals surface area contributed by atoms with Crippen LogP contribution in [0.15, 0.2) is 88.4 Å². The quantitative estimate of drug-likeness (QED) is 0.0839. The number of allylic oxidation sites excluding steroid dienone is 4. The summed E-state index contributed by atoms with van der Waals surface area (Å²) in [6.45, 7) is 10.1. The van der Waals surface area contributed by atoms with Gasteiger partial charge in [0.2, 0.25) is 10.0 Å². The van der Waals surface area contributed by atoms with Crippen LogP contribution >= 0.6 is 0 Å². The molecule has 1 aliphatic rings. The molecule has 1 fully saturated rings. The summed E-state index contributed by atoms with van der Waals surface area (Å²) >= 11 is 0. The van der Waals surface area contributed by atoms with Crippen LogP contribution in [0.4, 0.5) is 5.69 Å². The second kappa shape index (κ2) is 19.5. The number of benzene rings is 2. The van der Waals surface area contributed by atoms with Crippen molar-refractivity contribution >= 4 is 32.5 Å². The SMILES string of the molecule is C=C(C(=O)O)C1CC/C(=C/CC/C=C(\C)CC/C=C(\C)COCCCCCCNS(=O)(=O)c2cccc3c(N(C)C)cccc23)CO1. The second-order valence-corrected chi connectivity index (χ2v) is 14.4. The standard InChI is InChI=1S/C38H54N2O6S/c1-29(15-8-9-18-32-23-24-36(46-28-32)31(3)38(41)42)16-12-17-30(2)27-45-26-11-7-6-10-25-39-47(43,44)37-22-14-19-33-34(37)20-13-21-35(33)40(4)5/h13-15,17-22,36,39H,3,6-12,16,23-28H2,1-2,4-5H3,(H,41,42)/b29-15+,30-17+,32-18-. The van der Waals surface area contributed by atoms with Crippen molar-refractivity contribution in [2.45, 2.75) is 89.1 Å². The van der Waals surface area contributed by atoms with Gasteiger partial charge in [0.1, 0.15) is 0 Å². The minimum absolute atomic E-state index is 0.142. The maximum absolute atomic E-state index is 13.1. The number of unbranched alkanes of at least 4 members (excludes halogenated alkanes) is 4. The van der Waals surface area contributed by atoms with Crippen LogP contribution in [0.25, 0.3) is 10.8 Å². The fraction of sp³-hybridized carbons (Fsp3) is 0.500. The van der Waals surface area contributed by atoms with Crippen molar-refractivity contribution in [1.29, 1.82) is 0 Å². The smallest absolute Gasteiger partial charge is 0.333 e. The van der Waals surface area contributed by atoms with Gasteiger partial charge in [0.05, 0.1) is 29.8 Å². The van der Waals surface area contributed by atoms with Gasteiger partial charge in [-0.3, -0.25) is 0 Å². The molecule has 0 amide bonds. The Labute approximate surface area is 282 Å². The second-order valence-electron chi connectivity index (χ2n) is 12.6. The number of carbonyl (C=O) groups is 1. The number of ether oxygens (including phenoxy) is 2. The van der Waals surface area contributed by atoms with Gasteiger partial charge in [-0.25, -0.2) is 17.9 Å². The van der Waals surface area contributed by atoms with E-state index in [0.717, 1.165) is 74.2 Å². The van der Waals surface area contributed by atoms with Crippen LogP contribution in [-0.2, 0) is 24.3 Å². The first-order chi connectivity index (χ1) is 22.5. The molecule has 258 valence electrons. The normalized spacial score (nSPS) is 16.9. The average molecular weight is 667 g/mol. The van der Waals surface area contributed by atoms with Crippen LogP contribution in [0.5, 0.6) is 0 Å². The van der Waals surface area contributed by atoms with Crippen LogP contribution in [0.3, 0.4) is 0 Å². The van der Waals surface area contributed by atoms with Crippen LogP contribution in [0.1, 0.15) is 78.1 Å². The third-order valence-corrected chi connectivity index (χ3v) is 9.97. The predicted octanol–water partition coefficient (Wildman–Crippen LogP) is 7.96. The van der Waals surface area contributed by atoms with Crippen LogP contribution in [-0.4, -0.2) is 66.1 Å². The van der Waals surface area contributed by atoms with Gasteiger partial charge in [0.25, 0.3) is 0 Å². The molecule has 1 saturated heterocycles.